The smallest absolute Gasteiger partial charge is 0.330 e. The Hall–Kier alpha value is -2.33. The van der Waals surface area contributed by atoms with Gasteiger partial charge in [0.1, 0.15) is 11.9 Å². The van der Waals surface area contributed by atoms with Crippen LogP contribution in [0.3, 0.4) is 0 Å². The fourth-order valence-corrected chi connectivity index (χ4v) is 2.63. The zero-order chi connectivity index (χ0) is 18.8. The van der Waals surface area contributed by atoms with E-state index in [2.05, 4.69) is 0 Å². The summed E-state index contributed by atoms with van der Waals surface area (Å²) in [6.07, 6.45) is -3.44. The highest BCUT2D eigenvalue weighted by Gasteiger charge is 2.57. The molecular formula is C15H19FN2O7. The van der Waals surface area contributed by atoms with E-state index in [0.717, 1.165) is 23.8 Å². The zero-order valence-corrected chi connectivity index (χ0v) is 13.7. The average molecular weight is 358 g/mol. The van der Waals surface area contributed by atoms with Crippen molar-refractivity contribution in [2.75, 3.05) is 6.61 Å². The first-order valence-electron chi connectivity index (χ1n) is 7.62. The number of aromatic amines is 1. The lowest BCUT2D eigenvalue weighted by Crippen LogP contribution is -2.46. The van der Waals surface area contributed by atoms with Crippen molar-refractivity contribution in [3.8, 4) is 0 Å². The number of aromatic nitrogens is 2. The zero-order valence-electron chi connectivity index (χ0n) is 13.7. The summed E-state index contributed by atoms with van der Waals surface area (Å²) in [6.45, 7) is 1.72. The molecule has 1 fully saturated rings. The monoisotopic (exact) mass is 358 g/mol. The minimum atomic E-state index is -2.36. The molecule has 0 bridgehead atoms. The van der Waals surface area contributed by atoms with Crippen LogP contribution in [0.15, 0.2) is 21.9 Å². The number of carbonyl (C=O) groups is 2. The number of H-pyrrole nitrogens is 1. The van der Waals surface area contributed by atoms with Crippen molar-refractivity contribution in [3.63, 3.8) is 0 Å². The van der Waals surface area contributed by atoms with Crippen LogP contribution in [-0.4, -0.2) is 50.9 Å². The van der Waals surface area contributed by atoms with Gasteiger partial charge in [-0.3, -0.25) is 19.1 Å². The largest absolute Gasteiger partial charge is 0.456 e. The molecule has 2 rings (SSSR count). The van der Waals surface area contributed by atoms with Crippen LogP contribution < -0.4 is 11.2 Å². The second-order valence-electron chi connectivity index (χ2n) is 5.99. The summed E-state index contributed by atoms with van der Waals surface area (Å²) in [5, 5.41) is 9.40. The maximum atomic E-state index is 15.3. The van der Waals surface area contributed by atoms with Crippen molar-refractivity contribution >= 4 is 11.8 Å². The number of Topliss-reactive ketones (excluding diaryl/α,β-unsaturated/α-hetero) is 1. The van der Waals surface area contributed by atoms with E-state index in [9.17, 15) is 24.3 Å². The van der Waals surface area contributed by atoms with Gasteiger partial charge < -0.3 is 19.4 Å². The number of rotatable bonds is 6. The van der Waals surface area contributed by atoms with Gasteiger partial charge in [0, 0.05) is 18.7 Å². The van der Waals surface area contributed by atoms with Crippen molar-refractivity contribution in [3.05, 3.63) is 33.1 Å². The Kier molecular flexibility index (Phi) is 5.53. The predicted molar refractivity (Wildman–Crippen MR) is 81.6 cm³/mol. The molecule has 25 heavy (non-hydrogen) atoms. The fourth-order valence-electron chi connectivity index (χ4n) is 2.63. The molecule has 0 unspecified atom stereocenters. The predicted octanol–water partition coefficient (Wildman–Crippen LogP) is -0.564. The number of ether oxygens (including phenoxy) is 2. The highest BCUT2D eigenvalue weighted by Crippen LogP contribution is 2.42. The molecule has 1 aromatic heterocycles. The van der Waals surface area contributed by atoms with E-state index in [1.807, 2.05) is 4.98 Å². The quantitative estimate of drug-likeness (QED) is 0.652. The summed E-state index contributed by atoms with van der Waals surface area (Å²) < 4.78 is 26.5. The first-order chi connectivity index (χ1) is 11.7. The van der Waals surface area contributed by atoms with Crippen molar-refractivity contribution in [2.24, 2.45) is 0 Å². The number of hydrogen-bond donors (Lipinski definition) is 2. The second kappa shape index (κ2) is 7.28. The van der Waals surface area contributed by atoms with Gasteiger partial charge in [0.25, 0.3) is 5.56 Å². The van der Waals surface area contributed by atoms with E-state index in [1.165, 1.54) is 6.92 Å². The van der Waals surface area contributed by atoms with Crippen LogP contribution >= 0.6 is 0 Å². The van der Waals surface area contributed by atoms with Crippen LogP contribution in [0, 0.1) is 0 Å². The Morgan fingerprint density at radius 1 is 1.44 bits per heavy atom. The summed E-state index contributed by atoms with van der Waals surface area (Å²) in [5.74, 6) is -1.04. The molecule has 1 aromatic rings. The number of aliphatic hydroxyl groups excluding tert-OH is 1. The molecular weight excluding hydrogens is 339 g/mol. The van der Waals surface area contributed by atoms with Crippen LogP contribution in [0.4, 0.5) is 4.39 Å². The lowest BCUT2D eigenvalue weighted by atomic mass is 9.98. The van der Waals surface area contributed by atoms with E-state index in [0.29, 0.717) is 0 Å². The highest BCUT2D eigenvalue weighted by atomic mass is 19.1. The molecule has 10 heteroatoms. The number of alkyl halides is 1. The second-order valence-corrected chi connectivity index (χ2v) is 5.99. The number of aliphatic hydroxyl groups is 1. The topological polar surface area (TPSA) is 128 Å². The molecule has 0 radical (unpaired) electrons. The van der Waals surface area contributed by atoms with Crippen LogP contribution in [-0.2, 0) is 19.1 Å². The molecule has 1 saturated heterocycles. The summed E-state index contributed by atoms with van der Waals surface area (Å²) in [5.41, 5.74) is -3.92. The molecule has 9 nitrogen and oxygen atoms in total. The molecule has 2 heterocycles. The first kappa shape index (κ1) is 19.0. The summed E-state index contributed by atoms with van der Waals surface area (Å²) in [7, 11) is 0. The minimum absolute atomic E-state index is 0.0536. The summed E-state index contributed by atoms with van der Waals surface area (Å²) >= 11 is 0. The van der Waals surface area contributed by atoms with Crippen molar-refractivity contribution in [1.29, 1.82) is 0 Å². The molecule has 0 saturated carbocycles. The highest BCUT2D eigenvalue weighted by molar-refractivity contribution is 5.81. The molecule has 4 atom stereocenters. The van der Waals surface area contributed by atoms with E-state index in [1.54, 1.807) is 0 Å². The standard InChI is InChI=1S/C15H19FN2O7/c1-8(20)3-4-11(22)25-12-9(7-19)24-13(15(12,2)16)18-6-5-10(21)17-14(18)23/h5-6,9,12-13,19H,3-4,7H2,1-2H3,(H,17,21,23)/t9-,12-,13-,15+/m1/s1. The molecule has 2 N–H and O–H groups in total. The molecule has 1 aliphatic rings. The number of ketones is 1. The third-order valence-electron chi connectivity index (χ3n) is 3.90. The van der Waals surface area contributed by atoms with Gasteiger partial charge in [0.2, 0.25) is 0 Å². The van der Waals surface area contributed by atoms with Crippen LogP contribution in [0.1, 0.15) is 32.9 Å². The van der Waals surface area contributed by atoms with Gasteiger partial charge >= 0.3 is 11.7 Å². The Bertz CT molecular complexity index is 770. The van der Waals surface area contributed by atoms with Crippen LogP contribution in [0.2, 0.25) is 0 Å². The normalized spacial score (nSPS) is 28.7. The molecule has 138 valence electrons. The van der Waals surface area contributed by atoms with Gasteiger partial charge in [-0.25, -0.2) is 9.18 Å². The summed E-state index contributed by atoms with van der Waals surface area (Å²) in [4.78, 5) is 47.7. The summed E-state index contributed by atoms with van der Waals surface area (Å²) in [6, 6.07) is 1.01. The molecule has 0 aromatic carbocycles. The minimum Gasteiger partial charge on any atom is -0.456 e. The Balaban J connectivity index is 2.26. The van der Waals surface area contributed by atoms with E-state index >= 15 is 4.39 Å². The number of nitrogens with zero attached hydrogens (tertiary/aromatic N) is 1. The van der Waals surface area contributed by atoms with Crippen molar-refractivity contribution < 1.29 is 28.6 Å². The van der Waals surface area contributed by atoms with Gasteiger partial charge in [0.15, 0.2) is 18.0 Å². The fraction of sp³-hybridized carbons (Fsp3) is 0.600. The number of nitrogens with one attached hydrogen (secondary N) is 1. The van der Waals surface area contributed by atoms with Crippen LogP contribution in [0.5, 0.6) is 0 Å². The van der Waals surface area contributed by atoms with E-state index in [-0.39, 0.29) is 18.6 Å². The van der Waals surface area contributed by atoms with Crippen LogP contribution in [0.25, 0.3) is 0 Å². The average Bonchev–Trinajstić information content (AvgIpc) is 2.76. The van der Waals surface area contributed by atoms with Gasteiger partial charge in [0.05, 0.1) is 13.0 Å². The maximum Gasteiger partial charge on any atom is 0.330 e. The SMILES string of the molecule is CC(=O)CCC(=O)O[C@@H]1[C@@H](CO)O[C@@H](n2ccc(=O)[nH]c2=O)[C@@]1(C)F. The molecule has 0 aliphatic carbocycles. The number of esters is 1. The molecule has 0 spiro atoms. The lowest BCUT2D eigenvalue weighted by Gasteiger charge is -2.27. The molecule has 0 amide bonds. The number of hydrogen-bond acceptors (Lipinski definition) is 7. The van der Waals surface area contributed by atoms with Crippen molar-refractivity contribution in [1.82, 2.24) is 9.55 Å². The Morgan fingerprint density at radius 3 is 2.68 bits per heavy atom. The third-order valence-corrected chi connectivity index (χ3v) is 3.90. The number of halogens is 1. The first-order valence-corrected chi connectivity index (χ1v) is 7.62. The van der Waals surface area contributed by atoms with E-state index in [4.69, 9.17) is 9.47 Å². The molecule has 1 aliphatic heterocycles. The lowest BCUT2D eigenvalue weighted by molar-refractivity contribution is -0.159. The Labute approximate surface area is 141 Å². The van der Waals surface area contributed by atoms with Gasteiger partial charge in [-0.1, -0.05) is 0 Å². The van der Waals surface area contributed by atoms with Gasteiger partial charge in [-0.2, -0.15) is 0 Å². The third kappa shape index (κ3) is 4.02. The number of carbonyl (C=O) groups excluding carboxylic acids is 2. The van der Waals surface area contributed by atoms with Crippen molar-refractivity contribution in [2.45, 2.75) is 50.8 Å². The van der Waals surface area contributed by atoms with Gasteiger partial charge in [-0.15, -0.1) is 0 Å². The van der Waals surface area contributed by atoms with E-state index < -0.39 is 47.9 Å². The van der Waals surface area contributed by atoms with Gasteiger partial charge in [-0.05, 0) is 13.8 Å². The Morgan fingerprint density at radius 2 is 2.12 bits per heavy atom. The maximum absolute atomic E-state index is 15.3.